The minimum absolute atomic E-state index is 0. The highest BCUT2D eigenvalue weighted by Crippen LogP contribution is 2.15. The van der Waals surface area contributed by atoms with Gasteiger partial charge >= 0.3 is 0 Å². The number of quaternary nitrogens is 1. The summed E-state index contributed by atoms with van der Waals surface area (Å²) in [6.07, 6.45) is 1.70. The Morgan fingerprint density at radius 1 is 1.31 bits per heavy atom. The molecule has 16 heavy (non-hydrogen) atoms. The molecule has 1 heterocycles. The van der Waals surface area contributed by atoms with E-state index in [0.29, 0.717) is 5.02 Å². The fourth-order valence-electron chi connectivity index (χ4n) is 1.35. The van der Waals surface area contributed by atoms with Crippen LogP contribution in [0.15, 0.2) is 23.4 Å². The first-order chi connectivity index (χ1) is 7.26. The van der Waals surface area contributed by atoms with Crippen molar-refractivity contribution < 1.29 is 17.3 Å². The predicted molar refractivity (Wildman–Crippen MR) is 66.9 cm³/mol. The smallest absolute Gasteiger partial charge is 0.0963 e. The minimum Gasteiger partial charge on any atom is -1.00 e. The zero-order chi connectivity index (χ0) is 11.1. The van der Waals surface area contributed by atoms with Gasteiger partial charge in [-0.1, -0.05) is 11.6 Å². The molecule has 0 radical (unpaired) electrons. The quantitative estimate of drug-likeness (QED) is 0.657. The Bertz CT molecular complexity index is 276. The Kier molecular flexibility index (Phi) is 9.13. The summed E-state index contributed by atoms with van der Waals surface area (Å²) in [5.74, 6) is 1.12. The van der Waals surface area contributed by atoms with Gasteiger partial charge in [0.05, 0.1) is 29.7 Å². The van der Waals surface area contributed by atoms with Crippen LogP contribution in [0.5, 0.6) is 0 Å². The molecule has 0 amide bonds. The van der Waals surface area contributed by atoms with Gasteiger partial charge < -0.3 is 17.3 Å². The molecule has 1 aromatic heterocycles. The molecule has 0 spiro atoms. The molecule has 5 heteroatoms. The van der Waals surface area contributed by atoms with Gasteiger partial charge in [0, 0.05) is 11.9 Å². The number of hydrogen-bond donors (Lipinski definition) is 1. The van der Waals surface area contributed by atoms with Crippen molar-refractivity contribution in [1.82, 2.24) is 4.98 Å². The third-order valence-electron chi connectivity index (χ3n) is 2.41. The molecule has 0 bridgehead atoms. The molecule has 2 nitrogen and oxygen atoms in total. The Morgan fingerprint density at radius 3 is 2.50 bits per heavy atom. The number of rotatable bonds is 6. The number of halogens is 2. The van der Waals surface area contributed by atoms with Crippen LogP contribution in [0.4, 0.5) is 0 Å². The van der Waals surface area contributed by atoms with Crippen LogP contribution in [0.1, 0.15) is 13.8 Å². The Morgan fingerprint density at radius 2 is 2.00 bits per heavy atom. The lowest BCUT2D eigenvalue weighted by atomic mass is 10.5. The molecule has 0 aliphatic heterocycles. The molecule has 0 aliphatic rings. The number of hydrogen-bond acceptors (Lipinski definition) is 2. The molecule has 0 atom stereocenters. The Labute approximate surface area is 113 Å². The Balaban J connectivity index is 0.00000225. The lowest BCUT2D eigenvalue weighted by Gasteiger charge is -2.14. The third kappa shape index (κ3) is 5.94. The van der Waals surface area contributed by atoms with Crippen molar-refractivity contribution >= 4 is 23.4 Å². The Hall–Kier alpha value is 0.0400. The first-order valence-corrected chi connectivity index (χ1v) is 6.70. The standard InChI is InChI=1S/C11H17ClN2S.ClH/c1-3-14(4-2)7-8-15-11-6-5-10(12)9-13-11;/h5-6,9H,3-4,7-8H2,1-2H3;1H. The van der Waals surface area contributed by atoms with E-state index in [2.05, 4.69) is 18.8 Å². The molecule has 0 aliphatic carbocycles. The first kappa shape index (κ1) is 16.0. The monoisotopic (exact) mass is 280 g/mol. The maximum absolute atomic E-state index is 5.77. The summed E-state index contributed by atoms with van der Waals surface area (Å²) >= 11 is 7.56. The summed E-state index contributed by atoms with van der Waals surface area (Å²) in [5.41, 5.74) is 0. The first-order valence-electron chi connectivity index (χ1n) is 5.34. The van der Waals surface area contributed by atoms with Crippen LogP contribution in [0.25, 0.3) is 0 Å². The summed E-state index contributed by atoms with van der Waals surface area (Å²) in [4.78, 5) is 5.88. The topological polar surface area (TPSA) is 17.3 Å². The number of nitrogens with zero attached hydrogens (tertiary/aromatic N) is 1. The van der Waals surface area contributed by atoms with E-state index in [0.717, 1.165) is 10.8 Å². The van der Waals surface area contributed by atoms with Crippen LogP contribution in [-0.4, -0.2) is 30.4 Å². The van der Waals surface area contributed by atoms with Gasteiger partial charge in [0.2, 0.25) is 0 Å². The second-order valence-corrected chi connectivity index (χ2v) is 4.92. The molecule has 1 N–H and O–H groups in total. The third-order valence-corrected chi connectivity index (χ3v) is 3.57. The van der Waals surface area contributed by atoms with E-state index < -0.39 is 0 Å². The van der Waals surface area contributed by atoms with Crippen molar-refractivity contribution in [1.29, 1.82) is 0 Å². The van der Waals surface area contributed by atoms with Gasteiger partial charge in [-0.05, 0) is 26.0 Å². The van der Waals surface area contributed by atoms with Crippen molar-refractivity contribution in [2.45, 2.75) is 18.9 Å². The van der Waals surface area contributed by atoms with Crippen LogP contribution < -0.4 is 17.3 Å². The molecular weight excluding hydrogens is 263 g/mol. The van der Waals surface area contributed by atoms with Gasteiger partial charge in [-0.15, -0.1) is 11.8 Å². The molecule has 1 aromatic rings. The number of pyridine rings is 1. The molecule has 0 saturated carbocycles. The van der Waals surface area contributed by atoms with Gasteiger partial charge in [0.1, 0.15) is 0 Å². The van der Waals surface area contributed by atoms with E-state index in [1.54, 1.807) is 22.9 Å². The average Bonchev–Trinajstić information content (AvgIpc) is 2.27. The largest absolute Gasteiger partial charge is 1.00 e. The molecule has 1 rings (SSSR count). The van der Waals surface area contributed by atoms with Crippen molar-refractivity contribution in [3.8, 4) is 0 Å². The van der Waals surface area contributed by atoms with Gasteiger partial charge in [-0.25, -0.2) is 4.98 Å². The number of aromatic nitrogens is 1. The van der Waals surface area contributed by atoms with Crippen molar-refractivity contribution in [2.75, 3.05) is 25.4 Å². The minimum atomic E-state index is 0. The predicted octanol–water partition coefficient (Wildman–Crippen LogP) is -1.24. The molecule has 0 aromatic carbocycles. The van der Waals surface area contributed by atoms with Gasteiger partial charge in [0.25, 0.3) is 0 Å². The molecule has 92 valence electrons. The zero-order valence-corrected chi connectivity index (χ0v) is 12.0. The lowest BCUT2D eigenvalue weighted by Crippen LogP contribution is -3.11. The van der Waals surface area contributed by atoms with Crippen LogP contribution in [0, 0.1) is 0 Å². The molecular formula is C11H18Cl2N2S. The van der Waals surface area contributed by atoms with Gasteiger partial charge in [-0.3, -0.25) is 0 Å². The van der Waals surface area contributed by atoms with E-state index >= 15 is 0 Å². The second kappa shape index (κ2) is 9.11. The van der Waals surface area contributed by atoms with Crippen molar-refractivity contribution in [3.05, 3.63) is 23.4 Å². The SMILES string of the molecule is CC[NH+](CC)CCSc1ccc(Cl)cn1.[Cl-]. The van der Waals surface area contributed by atoms with Crippen LogP contribution in [-0.2, 0) is 0 Å². The summed E-state index contributed by atoms with van der Waals surface area (Å²) in [6.45, 7) is 8.05. The number of nitrogens with one attached hydrogen (secondary N) is 1. The van der Waals surface area contributed by atoms with Gasteiger partial charge in [0.15, 0.2) is 0 Å². The van der Waals surface area contributed by atoms with E-state index in [1.165, 1.54) is 19.6 Å². The van der Waals surface area contributed by atoms with E-state index in [9.17, 15) is 0 Å². The normalized spacial score (nSPS) is 10.2. The maximum atomic E-state index is 5.77. The summed E-state index contributed by atoms with van der Waals surface area (Å²) in [5, 5.41) is 1.76. The summed E-state index contributed by atoms with van der Waals surface area (Å²) in [6, 6.07) is 3.87. The van der Waals surface area contributed by atoms with Crippen LogP contribution in [0.3, 0.4) is 0 Å². The molecule has 0 saturated heterocycles. The van der Waals surface area contributed by atoms with Gasteiger partial charge in [-0.2, -0.15) is 0 Å². The maximum Gasteiger partial charge on any atom is 0.0963 e. The van der Waals surface area contributed by atoms with Crippen LogP contribution in [0.2, 0.25) is 5.02 Å². The lowest BCUT2D eigenvalue weighted by molar-refractivity contribution is -0.893. The fraction of sp³-hybridized carbons (Fsp3) is 0.545. The van der Waals surface area contributed by atoms with Crippen molar-refractivity contribution in [3.63, 3.8) is 0 Å². The second-order valence-electron chi connectivity index (χ2n) is 3.37. The van der Waals surface area contributed by atoms with E-state index in [4.69, 9.17) is 11.6 Å². The van der Waals surface area contributed by atoms with Crippen LogP contribution >= 0.6 is 23.4 Å². The average molecular weight is 281 g/mol. The highest BCUT2D eigenvalue weighted by molar-refractivity contribution is 7.99. The van der Waals surface area contributed by atoms with E-state index in [1.807, 2.05) is 12.1 Å². The molecule has 0 fully saturated rings. The fourth-order valence-corrected chi connectivity index (χ4v) is 2.35. The van der Waals surface area contributed by atoms with E-state index in [-0.39, 0.29) is 12.4 Å². The highest BCUT2D eigenvalue weighted by Gasteiger charge is 2.02. The van der Waals surface area contributed by atoms with Crippen molar-refractivity contribution in [2.24, 2.45) is 0 Å². The summed E-state index contributed by atoms with van der Waals surface area (Å²) in [7, 11) is 0. The summed E-state index contributed by atoms with van der Waals surface area (Å²) < 4.78 is 0. The molecule has 0 unspecified atom stereocenters. The zero-order valence-electron chi connectivity index (χ0n) is 9.67. The number of thioether (sulfide) groups is 1. The highest BCUT2D eigenvalue weighted by atomic mass is 35.5.